The van der Waals surface area contributed by atoms with Gasteiger partial charge in [-0.05, 0) is 91.2 Å². The zero-order valence-corrected chi connectivity index (χ0v) is 23.3. The molecule has 4 aromatic carbocycles. The summed E-state index contributed by atoms with van der Waals surface area (Å²) >= 11 is 0. The van der Waals surface area contributed by atoms with Crippen LogP contribution in [0.4, 0.5) is 5.69 Å². The van der Waals surface area contributed by atoms with E-state index < -0.39 is 11.6 Å². The number of rotatable bonds is 3. The van der Waals surface area contributed by atoms with Crippen LogP contribution in [0.3, 0.4) is 0 Å². The van der Waals surface area contributed by atoms with Crippen molar-refractivity contribution < 1.29 is 19.1 Å². The number of aromatic nitrogens is 1. The van der Waals surface area contributed by atoms with Crippen molar-refractivity contribution in [2.24, 2.45) is 0 Å². The van der Waals surface area contributed by atoms with Gasteiger partial charge < -0.3 is 4.74 Å². The Morgan fingerprint density at radius 3 is 2.32 bits per heavy atom. The number of fused-ring (bicyclic) bond motifs is 3. The van der Waals surface area contributed by atoms with Gasteiger partial charge in [0.1, 0.15) is 5.60 Å². The second kappa shape index (κ2) is 9.82. The van der Waals surface area contributed by atoms with Gasteiger partial charge in [0.05, 0.1) is 28.2 Å². The molecule has 0 aliphatic carbocycles. The molecule has 5 aromatic rings. The summed E-state index contributed by atoms with van der Waals surface area (Å²) in [5, 5.41) is 2.95. The van der Waals surface area contributed by atoms with Crippen molar-refractivity contribution in [2.75, 3.05) is 4.90 Å². The van der Waals surface area contributed by atoms with Crippen LogP contribution in [-0.2, 0) is 9.53 Å². The van der Waals surface area contributed by atoms with Gasteiger partial charge in [0.25, 0.3) is 0 Å². The number of Topliss-reactive ketones (excluding diaryl/α,β-unsaturated/α-hetero) is 1. The fourth-order valence-corrected chi connectivity index (χ4v) is 5.22. The highest BCUT2D eigenvalue weighted by Gasteiger charge is 2.34. The second-order valence-corrected chi connectivity index (χ2v) is 11.1. The van der Waals surface area contributed by atoms with Gasteiger partial charge in [-0.3, -0.25) is 14.5 Å². The van der Waals surface area contributed by atoms with Gasteiger partial charge in [0.15, 0.2) is 0 Å². The Kier molecular flexibility index (Phi) is 6.26. The van der Waals surface area contributed by atoms with Crippen LogP contribution < -0.4 is 4.90 Å². The molecular formula is C35H28N2O4. The zero-order valence-electron chi connectivity index (χ0n) is 23.3. The maximum Gasteiger partial charge on any atom is 0.338 e. The summed E-state index contributed by atoms with van der Waals surface area (Å²) in [5.74, 6) is -0.904. The predicted octanol–water partition coefficient (Wildman–Crippen LogP) is 7.60. The summed E-state index contributed by atoms with van der Waals surface area (Å²) in [6.07, 6.45) is 1.66. The minimum atomic E-state index is -0.629. The molecule has 0 N–H and O–H groups in total. The Morgan fingerprint density at radius 2 is 1.56 bits per heavy atom. The molecule has 1 aliphatic heterocycles. The molecule has 0 unspecified atom stereocenters. The van der Waals surface area contributed by atoms with E-state index >= 15 is 0 Å². The molecule has 41 heavy (non-hydrogen) atoms. The number of ether oxygens (including phenoxy) is 1. The van der Waals surface area contributed by atoms with Crippen LogP contribution in [0, 0.1) is 0 Å². The normalized spacial score (nSPS) is 14.1. The number of pyridine rings is 1. The number of ketones is 1. The predicted molar refractivity (Wildman–Crippen MR) is 162 cm³/mol. The lowest BCUT2D eigenvalue weighted by Crippen LogP contribution is -2.25. The summed E-state index contributed by atoms with van der Waals surface area (Å²) in [4.78, 5) is 45.2. The number of carbonyl (C=O) groups excluding carboxylic acids is 3. The van der Waals surface area contributed by atoms with Gasteiger partial charge in [0.2, 0.25) is 11.7 Å². The van der Waals surface area contributed by atoms with E-state index in [4.69, 9.17) is 9.72 Å². The van der Waals surface area contributed by atoms with Crippen LogP contribution >= 0.6 is 0 Å². The van der Waals surface area contributed by atoms with E-state index in [0.717, 1.165) is 27.3 Å². The number of nitrogens with zero attached hydrogens (tertiary/aromatic N) is 2. The van der Waals surface area contributed by atoms with Crippen molar-refractivity contribution in [1.29, 1.82) is 0 Å². The highest BCUT2D eigenvalue weighted by atomic mass is 16.6. The fraction of sp³-hybridized carbons (Fsp3) is 0.143. The number of amides is 1. The van der Waals surface area contributed by atoms with Crippen LogP contribution in [0.1, 0.15) is 54.1 Å². The topological polar surface area (TPSA) is 76.6 Å². The van der Waals surface area contributed by atoms with Crippen LogP contribution in [-0.4, -0.2) is 28.2 Å². The number of para-hydroxylation sites is 1. The number of anilines is 1. The van der Waals surface area contributed by atoms with Gasteiger partial charge >= 0.3 is 5.97 Å². The van der Waals surface area contributed by atoms with E-state index in [0.29, 0.717) is 28.0 Å². The molecule has 6 nitrogen and oxygen atoms in total. The number of allylic oxidation sites excluding steroid dienone is 1. The molecule has 0 atom stereocenters. The lowest BCUT2D eigenvalue weighted by molar-refractivity contribution is -0.116. The average molecular weight is 541 g/mol. The molecule has 0 radical (unpaired) electrons. The van der Waals surface area contributed by atoms with E-state index in [1.54, 1.807) is 48.5 Å². The maximum atomic E-state index is 13.4. The van der Waals surface area contributed by atoms with E-state index in [2.05, 4.69) is 24.3 Å². The number of esters is 1. The van der Waals surface area contributed by atoms with Gasteiger partial charge in [-0.25, -0.2) is 9.78 Å². The number of carbonyl (C=O) groups is 3. The van der Waals surface area contributed by atoms with Crippen molar-refractivity contribution in [3.05, 3.63) is 114 Å². The lowest BCUT2D eigenvalue weighted by atomic mass is 9.96. The molecule has 0 spiro atoms. The Morgan fingerprint density at radius 1 is 0.829 bits per heavy atom. The Balaban J connectivity index is 1.55. The number of benzene rings is 4. The van der Waals surface area contributed by atoms with Gasteiger partial charge in [-0.15, -0.1) is 0 Å². The monoisotopic (exact) mass is 540 g/mol. The smallest absolute Gasteiger partial charge is 0.338 e. The van der Waals surface area contributed by atoms with Gasteiger partial charge in [0, 0.05) is 17.9 Å². The van der Waals surface area contributed by atoms with Crippen molar-refractivity contribution in [3.63, 3.8) is 0 Å². The first-order chi connectivity index (χ1) is 19.6. The molecular weight excluding hydrogens is 512 g/mol. The van der Waals surface area contributed by atoms with Gasteiger partial charge in [-0.1, -0.05) is 48.5 Å². The first kappa shape index (κ1) is 26.1. The molecule has 1 amide bonds. The second-order valence-electron chi connectivity index (χ2n) is 11.1. The summed E-state index contributed by atoms with van der Waals surface area (Å²) in [6, 6.07) is 28.5. The molecule has 0 fully saturated rings. The summed E-state index contributed by atoms with van der Waals surface area (Å²) in [6.45, 7) is 6.94. The van der Waals surface area contributed by atoms with Crippen LogP contribution in [0.25, 0.3) is 38.9 Å². The average Bonchev–Trinajstić information content (AvgIpc) is 3.22. The number of hydrogen-bond donors (Lipinski definition) is 0. The van der Waals surface area contributed by atoms with E-state index in [-0.39, 0.29) is 17.4 Å². The van der Waals surface area contributed by atoms with Crippen LogP contribution in [0.2, 0.25) is 0 Å². The van der Waals surface area contributed by atoms with E-state index in [1.165, 1.54) is 11.8 Å². The minimum absolute atomic E-state index is 0.231. The summed E-state index contributed by atoms with van der Waals surface area (Å²) < 4.78 is 5.62. The Bertz CT molecular complexity index is 1930. The summed E-state index contributed by atoms with van der Waals surface area (Å²) in [5.41, 5.74) is 4.03. The standard InChI is InChI=1S/C35H28N2O4/c1-21(38)37-31-12-8-7-11-27(31)33(39)32(37)20-26-19-28(24-14-13-22-9-5-6-10-23(22)17-24)29-18-25(15-16-30(29)36-26)34(40)41-35(2,3)4/h5-20H,1-4H3/b32-20-. The SMILES string of the molecule is CC(=O)N1/C(=C\c2cc(-c3ccc4ccccc4c3)c3cc(C(=O)OC(C)(C)C)ccc3n2)C(=O)c2ccccc21. The van der Waals surface area contributed by atoms with E-state index in [9.17, 15) is 14.4 Å². The van der Waals surface area contributed by atoms with E-state index in [1.807, 2.05) is 45.0 Å². The Labute approximate surface area is 237 Å². The molecule has 0 saturated carbocycles. The molecule has 202 valence electrons. The zero-order chi connectivity index (χ0) is 28.9. The molecule has 6 rings (SSSR count). The first-order valence-corrected chi connectivity index (χ1v) is 13.4. The van der Waals surface area contributed by atoms with Crippen molar-refractivity contribution in [2.45, 2.75) is 33.3 Å². The fourth-order valence-electron chi connectivity index (χ4n) is 5.22. The molecule has 1 aliphatic rings. The third-order valence-electron chi connectivity index (χ3n) is 6.99. The third-order valence-corrected chi connectivity index (χ3v) is 6.99. The highest BCUT2D eigenvalue weighted by molar-refractivity contribution is 6.26. The van der Waals surface area contributed by atoms with Crippen molar-refractivity contribution in [1.82, 2.24) is 4.98 Å². The highest BCUT2D eigenvalue weighted by Crippen LogP contribution is 2.37. The lowest BCUT2D eigenvalue weighted by Gasteiger charge is -2.20. The molecule has 6 heteroatoms. The summed E-state index contributed by atoms with van der Waals surface area (Å²) in [7, 11) is 0. The molecule has 1 aromatic heterocycles. The largest absolute Gasteiger partial charge is 0.456 e. The maximum absolute atomic E-state index is 13.4. The molecule has 0 bridgehead atoms. The minimum Gasteiger partial charge on any atom is -0.456 e. The number of hydrogen-bond acceptors (Lipinski definition) is 5. The molecule has 2 heterocycles. The first-order valence-electron chi connectivity index (χ1n) is 13.4. The van der Waals surface area contributed by atoms with Gasteiger partial charge in [-0.2, -0.15) is 0 Å². The Hall–Kier alpha value is -5.10. The molecule has 0 saturated heterocycles. The van der Waals surface area contributed by atoms with Crippen LogP contribution in [0.5, 0.6) is 0 Å². The van der Waals surface area contributed by atoms with Crippen LogP contribution in [0.15, 0.2) is 96.7 Å². The van der Waals surface area contributed by atoms with Crippen molar-refractivity contribution in [3.8, 4) is 11.1 Å². The van der Waals surface area contributed by atoms with Crippen molar-refractivity contribution >= 4 is 51.1 Å². The third kappa shape index (κ3) is 4.89. The quantitative estimate of drug-likeness (QED) is 0.174.